The molecule has 1 rings (SSSR count). The van der Waals surface area contributed by atoms with Crippen LogP contribution in [0.15, 0.2) is 28.2 Å². The van der Waals surface area contributed by atoms with Gasteiger partial charge in [-0.3, -0.25) is 10.1 Å². The van der Waals surface area contributed by atoms with E-state index in [0.717, 1.165) is 12.1 Å². The molecule has 0 atom stereocenters. The number of nitro groups is 1. The van der Waals surface area contributed by atoms with Gasteiger partial charge in [-0.15, -0.1) is 0 Å². The van der Waals surface area contributed by atoms with Crippen LogP contribution in [0.1, 0.15) is 6.42 Å². The van der Waals surface area contributed by atoms with Crippen molar-refractivity contribution >= 4 is 15.7 Å². The van der Waals surface area contributed by atoms with E-state index in [4.69, 9.17) is 10.3 Å². The molecule has 10 nitrogen and oxygen atoms in total. The molecule has 0 fully saturated rings. The van der Waals surface area contributed by atoms with Crippen molar-refractivity contribution in [3.8, 4) is 5.75 Å². The van der Waals surface area contributed by atoms with Crippen LogP contribution in [-0.2, 0) is 10.0 Å². The van der Waals surface area contributed by atoms with Crippen molar-refractivity contribution < 1.29 is 18.1 Å². The van der Waals surface area contributed by atoms with Crippen LogP contribution in [0.5, 0.6) is 5.75 Å². The van der Waals surface area contributed by atoms with E-state index in [0.29, 0.717) is 6.42 Å². The molecule has 11 heteroatoms. The molecule has 0 saturated heterocycles. The molecule has 0 amide bonds. The first kappa shape index (κ1) is 16.7. The summed E-state index contributed by atoms with van der Waals surface area (Å²) in [6.45, 7) is 0.179. The van der Waals surface area contributed by atoms with E-state index in [1.165, 1.54) is 13.2 Å². The molecule has 1 N–H and O–H groups in total. The van der Waals surface area contributed by atoms with Gasteiger partial charge in [0.1, 0.15) is 10.6 Å². The third kappa shape index (κ3) is 4.60. The van der Waals surface area contributed by atoms with Crippen LogP contribution in [0, 0.1) is 10.1 Å². The highest BCUT2D eigenvalue weighted by Crippen LogP contribution is 2.27. The fourth-order valence-electron chi connectivity index (χ4n) is 1.47. The predicted molar refractivity (Wildman–Crippen MR) is 73.5 cm³/mol. The number of non-ortho nitro benzene ring substituents is 1. The van der Waals surface area contributed by atoms with Crippen LogP contribution in [0.3, 0.4) is 0 Å². The van der Waals surface area contributed by atoms with Gasteiger partial charge in [0.15, 0.2) is 0 Å². The Morgan fingerprint density at radius 1 is 1.52 bits per heavy atom. The molecule has 0 unspecified atom stereocenters. The number of methoxy groups -OCH3 is 1. The lowest BCUT2D eigenvalue weighted by molar-refractivity contribution is -0.385. The van der Waals surface area contributed by atoms with E-state index in [2.05, 4.69) is 14.7 Å². The molecule has 114 valence electrons. The van der Waals surface area contributed by atoms with Crippen molar-refractivity contribution in [3.63, 3.8) is 0 Å². The van der Waals surface area contributed by atoms with Gasteiger partial charge < -0.3 is 4.74 Å². The van der Waals surface area contributed by atoms with E-state index in [-0.39, 0.29) is 29.4 Å². The van der Waals surface area contributed by atoms with E-state index >= 15 is 0 Å². The van der Waals surface area contributed by atoms with Crippen molar-refractivity contribution in [1.29, 1.82) is 0 Å². The zero-order chi connectivity index (χ0) is 15.9. The molecule has 0 spiro atoms. The maximum Gasteiger partial charge on any atom is 0.271 e. The molecule has 0 radical (unpaired) electrons. The lowest BCUT2D eigenvalue weighted by atomic mass is 10.3. The monoisotopic (exact) mass is 315 g/mol. The number of azide groups is 1. The second kappa shape index (κ2) is 7.43. The first-order valence-corrected chi connectivity index (χ1v) is 7.23. The van der Waals surface area contributed by atoms with Gasteiger partial charge >= 0.3 is 0 Å². The summed E-state index contributed by atoms with van der Waals surface area (Å²) in [6.07, 6.45) is 0.306. The van der Waals surface area contributed by atoms with Crippen LogP contribution in [0.2, 0.25) is 0 Å². The van der Waals surface area contributed by atoms with Crippen LogP contribution < -0.4 is 9.46 Å². The summed E-state index contributed by atoms with van der Waals surface area (Å²) in [4.78, 5) is 12.2. The summed E-state index contributed by atoms with van der Waals surface area (Å²) >= 11 is 0. The normalized spacial score (nSPS) is 10.7. The summed E-state index contributed by atoms with van der Waals surface area (Å²) < 4.78 is 31.4. The van der Waals surface area contributed by atoms with Crippen molar-refractivity contribution in [2.75, 3.05) is 20.2 Å². The second-order valence-electron chi connectivity index (χ2n) is 3.80. The third-order valence-corrected chi connectivity index (χ3v) is 3.92. The highest BCUT2D eigenvalue weighted by molar-refractivity contribution is 7.89. The minimum Gasteiger partial charge on any atom is -0.495 e. The Morgan fingerprint density at radius 3 is 2.81 bits per heavy atom. The minimum absolute atomic E-state index is 0.00291. The number of benzene rings is 1. The Balaban J connectivity index is 2.97. The highest BCUT2D eigenvalue weighted by atomic mass is 32.2. The van der Waals surface area contributed by atoms with E-state index in [9.17, 15) is 18.5 Å². The minimum atomic E-state index is -3.96. The van der Waals surface area contributed by atoms with E-state index < -0.39 is 14.9 Å². The lowest BCUT2D eigenvalue weighted by Gasteiger charge is -2.10. The standard InChI is InChI=1S/C10H13N5O5S/c1-20-9-4-3-8(15(16)17)7-10(9)21(18,19)13-6-2-5-12-14-11/h3-4,7,13H,2,5-6H2,1H3. The first-order valence-electron chi connectivity index (χ1n) is 5.75. The molecule has 21 heavy (non-hydrogen) atoms. The number of nitrogens with one attached hydrogen (secondary N) is 1. The molecule has 0 bridgehead atoms. The number of ether oxygens (including phenoxy) is 1. The number of rotatable bonds is 8. The van der Waals surface area contributed by atoms with Crippen molar-refractivity contribution in [3.05, 3.63) is 38.8 Å². The molecule has 1 aromatic rings. The Morgan fingerprint density at radius 2 is 2.24 bits per heavy atom. The number of nitrogens with zero attached hydrogens (tertiary/aromatic N) is 4. The van der Waals surface area contributed by atoms with Gasteiger partial charge in [-0.1, -0.05) is 5.11 Å². The fourth-order valence-corrected chi connectivity index (χ4v) is 2.73. The highest BCUT2D eigenvalue weighted by Gasteiger charge is 2.22. The largest absolute Gasteiger partial charge is 0.495 e. The zero-order valence-electron chi connectivity index (χ0n) is 11.1. The second-order valence-corrected chi connectivity index (χ2v) is 5.53. The lowest BCUT2D eigenvalue weighted by Crippen LogP contribution is -2.25. The van der Waals surface area contributed by atoms with Gasteiger partial charge in [0.2, 0.25) is 10.0 Å². The number of hydrogen-bond acceptors (Lipinski definition) is 6. The smallest absolute Gasteiger partial charge is 0.271 e. The van der Waals surface area contributed by atoms with Gasteiger partial charge in [0, 0.05) is 30.1 Å². The van der Waals surface area contributed by atoms with Crippen molar-refractivity contribution in [2.45, 2.75) is 11.3 Å². The summed E-state index contributed by atoms with van der Waals surface area (Å²) in [5.74, 6) is 0.00291. The van der Waals surface area contributed by atoms with Gasteiger partial charge in [-0.2, -0.15) is 0 Å². The molecular formula is C10H13N5O5S. The van der Waals surface area contributed by atoms with Crippen LogP contribution in [0.4, 0.5) is 5.69 Å². The van der Waals surface area contributed by atoms with E-state index in [1.54, 1.807) is 0 Å². The summed E-state index contributed by atoms with van der Waals surface area (Å²) in [6, 6.07) is 3.29. The third-order valence-electron chi connectivity index (χ3n) is 2.44. The molecule has 0 aliphatic carbocycles. The van der Waals surface area contributed by atoms with Gasteiger partial charge in [-0.25, -0.2) is 13.1 Å². The number of nitro benzene ring substituents is 1. The average molecular weight is 315 g/mol. The molecular weight excluding hydrogens is 302 g/mol. The molecule has 1 aromatic carbocycles. The summed E-state index contributed by atoms with van der Waals surface area (Å²) in [5.41, 5.74) is 7.74. The van der Waals surface area contributed by atoms with Crippen LogP contribution in [-0.4, -0.2) is 33.5 Å². The van der Waals surface area contributed by atoms with Gasteiger partial charge in [0.25, 0.3) is 5.69 Å². The van der Waals surface area contributed by atoms with Gasteiger partial charge in [-0.05, 0) is 18.0 Å². The maximum atomic E-state index is 12.1. The van der Waals surface area contributed by atoms with Gasteiger partial charge in [0.05, 0.1) is 12.0 Å². The Bertz CT molecular complexity index is 668. The quantitative estimate of drug-likeness (QED) is 0.193. The number of hydrogen-bond donors (Lipinski definition) is 1. The Hall–Kier alpha value is -2.36. The fraction of sp³-hybridized carbons (Fsp3) is 0.400. The molecule has 0 saturated carbocycles. The molecule has 0 aliphatic heterocycles. The van der Waals surface area contributed by atoms with Crippen molar-refractivity contribution in [2.24, 2.45) is 5.11 Å². The first-order chi connectivity index (χ1) is 9.92. The summed E-state index contributed by atoms with van der Waals surface area (Å²) in [5, 5.41) is 14.0. The average Bonchev–Trinajstić information content (AvgIpc) is 2.46. The zero-order valence-corrected chi connectivity index (χ0v) is 11.9. The maximum absolute atomic E-state index is 12.1. The van der Waals surface area contributed by atoms with Crippen molar-refractivity contribution in [1.82, 2.24) is 4.72 Å². The predicted octanol–water partition coefficient (Wildman–Crippen LogP) is 1.58. The van der Waals surface area contributed by atoms with Crippen LogP contribution >= 0.6 is 0 Å². The van der Waals surface area contributed by atoms with Crippen LogP contribution in [0.25, 0.3) is 10.4 Å². The topological polar surface area (TPSA) is 147 Å². The number of sulfonamides is 1. The summed E-state index contributed by atoms with van der Waals surface area (Å²) in [7, 11) is -2.69. The Kier molecular flexibility index (Phi) is 5.91. The Labute approximate surface area is 120 Å². The van der Waals surface area contributed by atoms with E-state index in [1.807, 2.05) is 0 Å². The molecule has 0 aromatic heterocycles. The SMILES string of the molecule is COc1ccc([N+](=O)[O-])cc1S(=O)(=O)NCCCN=[N+]=[N-]. The molecule has 0 aliphatic rings. The molecule has 0 heterocycles.